The van der Waals surface area contributed by atoms with Crippen molar-refractivity contribution in [2.45, 2.75) is 33.3 Å². The molecule has 1 aromatic rings. The minimum atomic E-state index is -1.26. The first-order valence-corrected chi connectivity index (χ1v) is 5.63. The highest BCUT2D eigenvalue weighted by Crippen LogP contribution is 2.21. The minimum Gasteiger partial charge on any atom is -0.478 e. The van der Waals surface area contributed by atoms with Crippen molar-refractivity contribution in [1.82, 2.24) is 0 Å². The van der Waals surface area contributed by atoms with E-state index in [-0.39, 0.29) is 16.8 Å². The topological polar surface area (TPSA) is 75.6 Å². The van der Waals surface area contributed by atoms with Crippen molar-refractivity contribution in [2.24, 2.45) is 0 Å². The van der Waals surface area contributed by atoms with E-state index in [2.05, 4.69) is 5.32 Å². The van der Waals surface area contributed by atoms with Gasteiger partial charge in [-0.05, 0) is 45.4 Å². The lowest BCUT2D eigenvalue weighted by Crippen LogP contribution is -2.27. The van der Waals surface area contributed by atoms with Crippen LogP contribution in [0.15, 0.2) is 12.1 Å². The first kappa shape index (κ1) is 14.9. The van der Waals surface area contributed by atoms with E-state index in [4.69, 9.17) is 9.84 Å². The summed E-state index contributed by atoms with van der Waals surface area (Å²) in [7, 11) is 0. The van der Waals surface area contributed by atoms with Crippen LogP contribution >= 0.6 is 0 Å². The van der Waals surface area contributed by atoms with Crippen LogP contribution in [0, 0.1) is 12.7 Å². The predicted molar refractivity (Wildman–Crippen MR) is 68.0 cm³/mol. The first-order valence-electron chi connectivity index (χ1n) is 5.63. The van der Waals surface area contributed by atoms with Gasteiger partial charge in [0.1, 0.15) is 11.4 Å². The average molecular weight is 269 g/mol. The van der Waals surface area contributed by atoms with Gasteiger partial charge in [-0.15, -0.1) is 0 Å². The Morgan fingerprint density at radius 2 is 1.89 bits per heavy atom. The number of rotatable bonds is 2. The number of nitrogens with one attached hydrogen (secondary N) is 1. The van der Waals surface area contributed by atoms with Crippen LogP contribution in [0.2, 0.25) is 0 Å². The lowest BCUT2D eigenvalue weighted by atomic mass is 10.1. The summed E-state index contributed by atoms with van der Waals surface area (Å²) in [5, 5.41) is 11.2. The number of hydrogen-bond donors (Lipinski definition) is 2. The summed E-state index contributed by atoms with van der Waals surface area (Å²) in [4.78, 5) is 22.6. The molecule has 2 N–H and O–H groups in total. The number of carbonyl (C=O) groups excluding carboxylic acids is 1. The Hall–Kier alpha value is -2.11. The van der Waals surface area contributed by atoms with E-state index in [9.17, 15) is 14.0 Å². The molecule has 0 fully saturated rings. The number of halogens is 1. The molecule has 0 radical (unpaired) electrons. The second-order valence-corrected chi connectivity index (χ2v) is 5.08. The van der Waals surface area contributed by atoms with Crippen molar-refractivity contribution in [3.63, 3.8) is 0 Å². The third kappa shape index (κ3) is 4.24. The van der Waals surface area contributed by atoms with Crippen molar-refractivity contribution >= 4 is 17.7 Å². The zero-order valence-electron chi connectivity index (χ0n) is 11.2. The van der Waals surface area contributed by atoms with Gasteiger partial charge in [0.25, 0.3) is 0 Å². The zero-order valence-corrected chi connectivity index (χ0v) is 11.2. The van der Waals surface area contributed by atoms with Crippen LogP contribution in [-0.2, 0) is 4.74 Å². The van der Waals surface area contributed by atoms with Crippen LogP contribution in [0.4, 0.5) is 14.9 Å². The first-order chi connectivity index (χ1) is 8.60. The molecule has 1 rings (SSSR count). The third-order valence-corrected chi connectivity index (χ3v) is 2.16. The Morgan fingerprint density at radius 3 is 2.37 bits per heavy atom. The van der Waals surface area contributed by atoms with E-state index >= 15 is 0 Å². The molecular weight excluding hydrogens is 253 g/mol. The second-order valence-electron chi connectivity index (χ2n) is 5.08. The summed E-state index contributed by atoms with van der Waals surface area (Å²) in [6.07, 6.45) is -0.835. The Kier molecular flexibility index (Phi) is 4.14. The fourth-order valence-electron chi connectivity index (χ4n) is 1.38. The molecule has 0 aliphatic rings. The number of aryl methyl sites for hydroxylation is 1. The molecule has 0 atom stereocenters. The molecule has 5 nitrogen and oxygen atoms in total. The van der Waals surface area contributed by atoms with Gasteiger partial charge in [0.2, 0.25) is 0 Å². The van der Waals surface area contributed by atoms with Crippen LogP contribution in [0.3, 0.4) is 0 Å². The molecule has 1 aromatic carbocycles. The summed E-state index contributed by atoms with van der Waals surface area (Å²) < 4.78 is 18.4. The second kappa shape index (κ2) is 5.26. The Bertz CT molecular complexity index is 520. The smallest absolute Gasteiger partial charge is 0.412 e. The summed E-state index contributed by atoms with van der Waals surface area (Å²) in [6, 6.07) is 2.12. The van der Waals surface area contributed by atoms with Crippen molar-refractivity contribution in [1.29, 1.82) is 0 Å². The molecule has 19 heavy (non-hydrogen) atoms. The van der Waals surface area contributed by atoms with Gasteiger partial charge in [0.15, 0.2) is 0 Å². The SMILES string of the molecule is Cc1cc(C(=O)O)c(NC(=O)OC(C)(C)C)cc1F. The number of benzene rings is 1. The van der Waals surface area contributed by atoms with Crippen LogP contribution in [0.25, 0.3) is 0 Å². The maximum atomic E-state index is 13.4. The van der Waals surface area contributed by atoms with E-state index in [1.54, 1.807) is 20.8 Å². The number of anilines is 1. The highest BCUT2D eigenvalue weighted by Gasteiger charge is 2.20. The molecule has 0 saturated heterocycles. The summed E-state index contributed by atoms with van der Waals surface area (Å²) >= 11 is 0. The molecule has 0 unspecified atom stereocenters. The van der Waals surface area contributed by atoms with Crippen LogP contribution < -0.4 is 5.32 Å². The fraction of sp³-hybridized carbons (Fsp3) is 0.385. The van der Waals surface area contributed by atoms with Crippen LogP contribution in [0.5, 0.6) is 0 Å². The molecule has 0 saturated carbocycles. The van der Waals surface area contributed by atoms with Crippen LogP contribution in [-0.4, -0.2) is 22.8 Å². The summed E-state index contributed by atoms with van der Waals surface area (Å²) in [5.74, 6) is -1.86. The third-order valence-electron chi connectivity index (χ3n) is 2.16. The van der Waals surface area contributed by atoms with E-state index < -0.39 is 23.5 Å². The maximum absolute atomic E-state index is 13.4. The lowest BCUT2D eigenvalue weighted by molar-refractivity contribution is 0.0636. The van der Waals surface area contributed by atoms with E-state index in [0.29, 0.717) is 0 Å². The van der Waals surface area contributed by atoms with Gasteiger partial charge in [0.05, 0.1) is 11.3 Å². The number of ether oxygens (including phenoxy) is 1. The average Bonchev–Trinajstić information content (AvgIpc) is 2.19. The van der Waals surface area contributed by atoms with Crippen molar-refractivity contribution in [3.8, 4) is 0 Å². The van der Waals surface area contributed by atoms with E-state index in [1.165, 1.54) is 6.92 Å². The molecule has 1 amide bonds. The number of carbonyl (C=O) groups is 2. The highest BCUT2D eigenvalue weighted by molar-refractivity contribution is 5.99. The van der Waals surface area contributed by atoms with Gasteiger partial charge in [-0.3, -0.25) is 5.32 Å². The monoisotopic (exact) mass is 269 g/mol. The summed E-state index contributed by atoms with van der Waals surface area (Å²) in [5.41, 5.74) is -0.863. The molecule has 0 bridgehead atoms. The van der Waals surface area contributed by atoms with Crippen molar-refractivity contribution < 1.29 is 23.8 Å². The van der Waals surface area contributed by atoms with Crippen LogP contribution in [0.1, 0.15) is 36.7 Å². The largest absolute Gasteiger partial charge is 0.478 e. The van der Waals surface area contributed by atoms with E-state index in [0.717, 1.165) is 12.1 Å². The normalized spacial score (nSPS) is 11.0. The quantitative estimate of drug-likeness (QED) is 0.864. The number of carboxylic acid groups (broad SMARTS) is 1. The molecule has 6 heteroatoms. The molecule has 0 heterocycles. The fourth-order valence-corrected chi connectivity index (χ4v) is 1.38. The Balaban J connectivity index is 3.03. The number of hydrogen-bond acceptors (Lipinski definition) is 3. The van der Waals surface area contributed by atoms with Crippen molar-refractivity contribution in [3.05, 3.63) is 29.1 Å². The molecule has 0 aromatic heterocycles. The molecule has 0 spiro atoms. The standard InChI is InChI=1S/C13H16FNO4/c1-7-5-8(11(16)17)10(6-9(7)14)15-12(18)19-13(2,3)4/h5-6H,1-4H3,(H,15,18)(H,16,17). The van der Waals surface area contributed by atoms with Gasteiger partial charge in [0, 0.05) is 0 Å². The molecule has 104 valence electrons. The highest BCUT2D eigenvalue weighted by atomic mass is 19.1. The number of amides is 1. The lowest BCUT2D eigenvalue weighted by Gasteiger charge is -2.20. The maximum Gasteiger partial charge on any atom is 0.412 e. The zero-order chi connectivity index (χ0) is 14.8. The van der Waals surface area contributed by atoms with Gasteiger partial charge >= 0.3 is 12.1 Å². The molecule has 0 aliphatic carbocycles. The van der Waals surface area contributed by atoms with Gasteiger partial charge < -0.3 is 9.84 Å². The molecule has 0 aliphatic heterocycles. The Labute approximate surface area is 110 Å². The minimum absolute atomic E-state index is 0.134. The van der Waals surface area contributed by atoms with Crippen molar-refractivity contribution in [2.75, 3.05) is 5.32 Å². The van der Waals surface area contributed by atoms with Gasteiger partial charge in [-0.2, -0.15) is 0 Å². The predicted octanol–water partition coefficient (Wildman–Crippen LogP) is 3.18. The number of carboxylic acids is 1. The number of aromatic carboxylic acids is 1. The molecular formula is C13H16FNO4. The van der Waals surface area contributed by atoms with Gasteiger partial charge in [-0.25, -0.2) is 14.0 Å². The van der Waals surface area contributed by atoms with Gasteiger partial charge in [-0.1, -0.05) is 0 Å². The Morgan fingerprint density at radius 1 is 1.32 bits per heavy atom. The summed E-state index contributed by atoms with van der Waals surface area (Å²) in [6.45, 7) is 6.44. The van der Waals surface area contributed by atoms with E-state index in [1.807, 2.05) is 0 Å².